The van der Waals surface area contributed by atoms with Crippen molar-refractivity contribution < 1.29 is 9.59 Å². The zero-order valence-corrected chi connectivity index (χ0v) is 16.8. The predicted octanol–water partition coefficient (Wildman–Crippen LogP) is 4.76. The van der Waals surface area contributed by atoms with Gasteiger partial charge in [0, 0.05) is 29.4 Å². The summed E-state index contributed by atoms with van der Waals surface area (Å²) in [5, 5.41) is 3.55. The molecule has 1 aliphatic heterocycles. The van der Waals surface area contributed by atoms with Crippen LogP contribution in [0.4, 0.5) is 11.4 Å². The molecule has 1 N–H and O–H groups in total. The van der Waals surface area contributed by atoms with E-state index in [9.17, 15) is 9.59 Å². The number of nitrogens with zero attached hydrogens (tertiary/aromatic N) is 1. The number of halogens is 1. The third kappa shape index (κ3) is 3.86. The molecule has 1 atom stereocenters. The number of anilines is 2. The first kappa shape index (κ1) is 19.4. The maximum Gasteiger partial charge on any atom is 0.229 e. The summed E-state index contributed by atoms with van der Waals surface area (Å²) in [5.41, 5.74) is 4.81. The molecule has 2 aromatic carbocycles. The number of rotatable bonds is 5. The summed E-state index contributed by atoms with van der Waals surface area (Å²) >= 11 is 6.14. The van der Waals surface area contributed by atoms with E-state index < -0.39 is 0 Å². The van der Waals surface area contributed by atoms with E-state index in [1.165, 1.54) is 0 Å². The van der Waals surface area contributed by atoms with E-state index in [1.54, 1.807) is 11.0 Å². The second kappa shape index (κ2) is 8.13. The molecule has 5 heteroatoms. The van der Waals surface area contributed by atoms with Crippen molar-refractivity contribution in [1.82, 2.24) is 0 Å². The average Bonchev–Trinajstić information content (AvgIpc) is 3.06. The number of benzene rings is 2. The van der Waals surface area contributed by atoms with Gasteiger partial charge >= 0.3 is 0 Å². The molecule has 3 rings (SSSR count). The van der Waals surface area contributed by atoms with Gasteiger partial charge in [0.2, 0.25) is 11.8 Å². The molecule has 0 aromatic heterocycles. The van der Waals surface area contributed by atoms with E-state index in [1.807, 2.05) is 25.1 Å². The minimum atomic E-state index is -0.370. The first-order valence-corrected chi connectivity index (χ1v) is 9.81. The lowest BCUT2D eigenvalue weighted by atomic mass is 10.0. The molecule has 0 unspecified atom stereocenters. The van der Waals surface area contributed by atoms with Crippen LogP contribution in [0, 0.1) is 12.8 Å². The molecule has 1 heterocycles. The van der Waals surface area contributed by atoms with Crippen molar-refractivity contribution >= 4 is 34.8 Å². The Balaban J connectivity index is 1.82. The Kier molecular flexibility index (Phi) is 5.85. The minimum Gasteiger partial charge on any atom is -0.325 e. The summed E-state index contributed by atoms with van der Waals surface area (Å²) in [4.78, 5) is 27.3. The summed E-state index contributed by atoms with van der Waals surface area (Å²) in [6, 6.07) is 11.6. The Morgan fingerprint density at radius 3 is 2.41 bits per heavy atom. The lowest BCUT2D eigenvalue weighted by Gasteiger charge is -2.23. The van der Waals surface area contributed by atoms with Gasteiger partial charge in [-0.05, 0) is 48.6 Å². The monoisotopic (exact) mass is 384 g/mol. The van der Waals surface area contributed by atoms with Crippen LogP contribution in [-0.4, -0.2) is 18.4 Å². The molecule has 0 spiro atoms. The van der Waals surface area contributed by atoms with Crippen LogP contribution in [-0.2, 0) is 22.4 Å². The molecule has 0 radical (unpaired) electrons. The Bertz CT molecular complexity index is 856. The summed E-state index contributed by atoms with van der Waals surface area (Å²) < 4.78 is 0. The van der Waals surface area contributed by atoms with Gasteiger partial charge in [0.15, 0.2) is 0 Å². The molecule has 1 fully saturated rings. The zero-order chi connectivity index (χ0) is 19.6. The van der Waals surface area contributed by atoms with Crippen molar-refractivity contribution in [2.45, 2.75) is 40.0 Å². The average molecular weight is 385 g/mol. The third-order valence-electron chi connectivity index (χ3n) is 5.26. The smallest absolute Gasteiger partial charge is 0.229 e. The van der Waals surface area contributed by atoms with Gasteiger partial charge in [-0.2, -0.15) is 0 Å². The van der Waals surface area contributed by atoms with Crippen LogP contribution in [0.25, 0.3) is 0 Å². The maximum atomic E-state index is 12.8. The van der Waals surface area contributed by atoms with E-state index in [0.717, 1.165) is 35.2 Å². The lowest BCUT2D eigenvalue weighted by molar-refractivity contribution is -0.122. The quantitative estimate of drug-likeness (QED) is 0.807. The minimum absolute atomic E-state index is 0.00793. The van der Waals surface area contributed by atoms with Gasteiger partial charge in [0.25, 0.3) is 0 Å². The van der Waals surface area contributed by atoms with Gasteiger partial charge < -0.3 is 10.2 Å². The Hall–Kier alpha value is -2.33. The SMILES string of the molecule is CCc1cccc(CC)c1N1C[C@@H](C(=O)Nc2cccc(Cl)c2C)CC1=O. The molecule has 1 aliphatic rings. The van der Waals surface area contributed by atoms with Crippen LogP contribution in [0.15, 0.2) is 36.4 Å². The number of nitrogens with one attached hydrogen (secondary N) is 1. The van der Waals surface area contributed by atoms with Crippen molar-refractivity contribution in [1.29, 1.82) is 0 Å². The van der Waals surface area contributed by atoms with E-state index in [0.29, 0.717) is 17.3 Å². The molecule has 0 saturated carbocycles. The Morgan fingerprint density at radius 1 is 1.15 bits per heavy atom. The predicted molar refractivity (Wildman–Crippen MR) is 110 cm³/mol. The lowest BCUT2D eigenvalue weighted by Crippen LogP contribution is -2.29. The van der Waals surface area contributed by atoms with E-state index in [-0.39, 0.29) is 24.2 Å². The fourth-order valence-corrected chi connectivity index (χ4v) is 3.81. The van der Waals surface area contributed by atoms with Gasteiger partial charge in [-0.25, -0.2) is 0 Å². The number of amides is 2. The van der Waals surface area contributed by atoms with E-state index in [4.69, 9.17) is 11.6 Å². The van der Waals surface area contributed by atoms with Crippen molar-refractivity contribution in [3.05, 3.63) is 58.1 Å². The molecular weight excluding hydrogens is 360 g/mol. The van der Waals surface area contributed by atoms with Gasteiger partial charge in [0.05, 0.1) is 5.92 Å². The molecule has 0 aliphatic carbocycles. The maximum absolute atomic E-state index is 12.8. The standard InChI is InChI=1S/C22H25ClN2O2/c1-4-15-8-6-9-16(5-2)21(15)25-13-17(12-20(25)26)22(27)24-19-11-7-10-18(23)14(19)3/h6-11,17H,4-5,12-13H2,1-3H3,(H,24,27)/t17-/m0/s1. The molecule has 0 bridgehead atoms. The second-order valence-electron chi connectivity index (χ2n) is 6.94. The van der Waals surface area contributed by atoms with Crippen molar-refractivity contribution in [3.63, 3.8) is 0 Å². The van der Waals surface area contributed by atoms with Crippen molar-refractivity contribution in [3.8, 4) is 0 Å². The van der Waals surface area contributed by atoms with Gasteiger partial charge in [0.1, 0.15) is 0 Å². The normalized spacial score (nSPS) is 16.7. The number of para-hydroxylation sites is 1. The summed E-state index contributed by atoms with van der Waals surface area (Å²) in [6.07, 6.45) is 1.93. The van der Waals surface area contributed by atoms with Gasteiger partial charge in [-0.3, -0.25) is 9.59 Å². The summed E-state index contributed by atoms with van der Waals surface area (Å²) in [7, 11) is 0. The van der Waals surface area contributed by atoms with E-state index >= 15 is 0 Å². The van der Waals surface area contributed by atoms with Crippen LogP contribution in [0.3, 0.4) is 0 Å². The van der Waals surface area contributed by atoms with Gasteiger partial charge in [-0.15, -0.1) is 0 Å². The first-order chi connectivity index (χ1) is 13.0. The van der Waals surface area contributed by atoms with Crippen LogP contribution in [0.2, 0.25) is 5.02 Å². The fourth-order valence-electron chi connectivity index (χ4n) is 3.64. The highest BCUT2D eigenvalue weighted by Crippen LogP contribution is 2.33. The van der Waals surface area contributed by atoms with Crippen LogP contribution >= 0.6 is 11.6 Å². The molecular formula is C22H25ClN2O2. The Labute approximate surface area is 165 Å². The highest BCUT2D eigenvalue weighted by atomic mass is 35.5. The molecule has 2 amide bonds. The van der Waals surface area contributed by atoms with Crippen molar-refractivity contribution in [2.24, 2.45) is 5.92 Å². The molecule has 2 aromatic rings. The zero-order valence-electron chi connectivity index (χ0n) is 16.0. The highest BCUT2D eigenvalue weighted by Gasteiger charge is 2.36. The Morgan fingerprint density at radius 2 is 1.78 bits per heavy atom. The number of aryl methyl sites for hydroxylation is 2. The number of hydrogen-bond acceptors (Lipinski definition) is 2. The van der Waals surface area contributed by atoms with Crippen LogP contribution in [0.1, 0.15) is 37.0 Å². The largest absolute Gasteiger partial charge is 0.325 e. The first-order valence-electron chi connectivity index (χ1n) is 9.43. The summed E-state index contributed by atoms with van der Waals surface area (Å²) in [6.45, 7) is 6.46. The second-order valence-corrected chi connectivity index (χ2v) is 7.35. The number of hydrogen-bond donors (Lipinski definition) is 1. The van der Waals surface area contributed by atoms with E-state index in [2.05, 4.69) is 31.3 Å². The van der Waals surface area contributed by atoms with Gasteiger partial charge in [-0.1, -0.05) is 49.7 Å². The van der Waals surface area contributed by atoms with Crippen LogP contribution in [0.5, 0.6) is 0 Å². The number of carbonyl (C=O) groups excluding carboxylic acids is 2. The number of carbonyl (C=O) groups is 2. The molecule has 4 nitrogen and oxygen atoms in total. The molecule has 27 heavy (non-hydrogen) atoms. The summed E-state index contributed by atoms with van der Waals surface area (Å²) in [5.74, 6) is -0.498. The van der Waals surface area contributed by atoms with Crippen LogP contribution < -0.4 is 10.2 Å². The topological polar surface area (TPSA) is 49.4 Å². The molecule has 1 saturated heterocycles. The van der Waals surface area contributed by atoms with Crippen molar-refractivity contribution in [2.75, 3.05) is 16.8 Å². The fraction of sp³-hybridized carbons (Fsp3) is 0.364. The molecule has 142 valence electrons. The third-order valence-corrected chi connectivity index (χ3v) is 5.67. The highest BCUT2D eigenvalue weighted by molar-refractivity contribution is 6.31.